The largest absolute Gasteiger partial charge is 0.490 e. The van der Waals surface area contributed by atoms with Gasteiger partial charge in [-0.05, 0) is 45.0 Å². The molecule has 0 spiro atoms. The van der Waals surface area contributed by atoms with Crippen LogP contribution >= 0.6 is 0 Å². The molecule has 5 heterocycles. The second-order valence-corrected chi connectivity index (χ2v) is 12.4. The number of ether oxygens (including phenoxy) is 3. The van der Waals surface area contributed by atoms with Crippen LogP contribution in [0.2, 0.25) is 0 Å². The van der Waals surface area contributed by atoms with Crippen LogP contribution in [0.4, 0.5) is 10.2 Å². The molecule has 3 aliphatic heterocycles. The number of amides is 1. The molecule has 1 atom stereocenters. The number of nitrogens with zero attached hydrogens (tertiary/aromatic N) is 6. The number of fused-ring (bicyclic) bond motifs is 1. The molecule has 11 nitrogen and oxygen atoms in total. The fourth-order valence-electron chi connectivity index (χ4n) is 6.52. The Kier molecular flexibility index (Phi) is 10.3. The minimum absolute atomic E-state index is 0.0435. The van der Waals surface area contributed by atoms with Crippen LogP contribution in [0.5, 0.6) is 17.2 Å². The molecule has 1 amide bonds. The van der Waals surface area contributed by atoms with E-state index < -0.39 is 5.82 Å². The Morgan fingerprint density at radius 1 is 1.15 bits per heavy atom. The van der Waals surface area contributed by atoms with Gasteiger partial charge in [-0.1, -0.05) is 0 Å². The van der Waals surface area contributed by atoms with Gasteiger partial charge < -0.3 is 29.3 Å². The number of morpholine rings is 1. The van der Waals surface area contributed by atoms with Crippen LogP contribution in [0.25, 0.3) is 0 Å². The molecule has 12 heteroatoms. The number of benzene rings is 1. The lowest BCUT2D eigenvalue weighted by atomic mass is 10.0. The summed E-state index contributed by atoms with van der Waals surface area (Å²) in [6.07, 6.45) is 7.68. The predicted octanol–water partition coefficient (Wildman–Crippen LogP) is 4.07. The summed E-state index contributed by atoms with van der Waals surface area (Å²) in [7, 11) is 0. The number of pyridine rings is 1. The average Bonchev–Trinajstić information content (AvgIpc) is 3.07. The number of carbonyl (C=O) groups is 1. The van der Waals surface area contributed by atoms with Gasteiger partial charge in [0.15, 0.2) is 11.6 Å². The van der Waals surface area contributed by atoms with E-state index in [1.54, 1.807) is 11.1 Å². The summed E-state index contributed by atoms with van der Waals surface area (Å²) < 4.78 is 33.1. The minimum atomic E-state index is -0.499. The number of hydrogen-bond donors (Lipinski definition) is 1. The Balaban J connectivity index is 1.11. The van der Waals surface area contributed by atoms with Crippen molar-refractivity contribution < 1.29 is 23.4 Å². The lowest BCUT2D eigenvalue weighted by molar-refractivity contribution is 0.00258. The number of carbonyl (C=O) groups excluding carboxylic acids is 1. The minimum Gasteiger partial charge on any atom is -0.490 e. The molecule has 0 unspecified atom stereocenters. The van der Waals surface area contributed by atoms with Crippen molar-refractivity contribution in [1.29, 1.82) is 0 Å². The zero-order valence-corrected chi connectivity index (χ0v) is 27.0. The molecule has 2 fully saturated rings. The molecule has 2 aromatic heterocycles. The summed E-state index contributed by atoms with van der Waals surface area (Å²) >= 11 is 0. The highest BCUT2D eigenvalue weighted by Gasteiger charge is 2.29. The second-order valence-electron chi connectivity index (χ2n) is 12.4. The van der Waals surface area contributed by atoms with Crippen LogP contribution in [0.15, 0.2) is 43.0 Å². The maximum Gasteiger partial charge on any atom is 0.257 e. The van der Waals surface area contributed by atoms with Crippen LogP contribution < -0.4 is 19.7 Å². The zero-order chi connectivity index (χ0) is 32.0. The summed E-state index contributed by atoms with van der Waals surface area (Å²) in [6, 6.07) is 5.96. The number of piperidine rings is 1. The van der Waals surface area contributed by atoms with Crippen LogP contribution in [0, 0.1) is 5.82 Å². The van der Waals surface area contributed by atoms with Crippen molar-refractivity contribution in [2.45, 2.75) is 64.8 Å². The molecule has 1 aromatic carbocycles. The van der Waals surface area contributed by atoms with Crippen LogP contribution in [0.1, 0.15) is 55.2 Å². The van der Waals surface area contributed by atoms with Crippen molar-refractivity contribution in [3.63, 3.8) is 0 Å². The van der Waals surface area contributed by atoms with E-state index in [4.69, 9.17) is 14.2 Å². The predicted molar refractivity (Wildman–Crippen MR) is 172 cm³/mol. The Morgan fingerprint density at radius 2 is 2.00 bits per heavy atom. The third-order valence-electron chi connectivity index (χ3n) is 8.93. The fourth-order valence-corrected chi connectivity index (χ4v) is 6.52. The first-order valence-electron chi connectivity index (χ1n) is 16.4. The van der Waals surface area contributed by atoms with E-state index in [-0.39, 0.29) is 35.5 Å². The van der Waals surface area contributed by atoms with Gasteiger partial charge in [0.25, 0.3) is 5.91 Å². The first-order valence-corrected chi connectivity index (χ1v) is 16.4. The van der Waals surface area contributed by atoms with Crippen molar-refractivity contribution in [3.8, 4) is 17.2 Å². The molecule has 246 valence electrons. The van der Waals surface area contributed by atoms with Crippen LogP contribution in [-0.2, 0) is 17.7 Å². The molecule has 3 aromatic rings. The van der Waals surface area contributed by atoms with Gasteiger partial charge in [0, 0.05) is 95.1 Å². The third kappa shape index (κ3) is 7.40. The summed E-state index contributed by atoms with van der Waals surface area (Å²) in [5, 5.41) is 3.42. The number of aromatic nitrogens is 3. The highest BCUT2D eigenvalue weighted by molar-refractivity contribution is 5.97. The van der Waals surface area contributed by atoms with E-state index in [0.29, 0.717) is 31.2 Å². The van der Waals surface area contributed by atoms with Gasteiger partial charge in [0.1, 0.15) is 29.7 Å². The van der Waals surface area contributed by atoms with E-state index in [9.17, 15) is 9.18 Å². The van der Waals surface area contributed by atoms with Crippen molar-refractivity contribution in [3.05, 3.63) is 65.6 Å². The normalized spacial score (nSPS) is 19.2. The molecule has 0 bridgehead atoms. The molecular weight excluding hydrogens is 589 g/mol. The monoisotopic (exact) mass is 633 g/mol. The van der Waals surface area contributed by atoms with Crippen molar-refractivity contribution in [2.24, 2.45) is 0 Å². The first kappa shape index (κ1) is 32.1. The highest BCUT2D eigenvalue weighted by Crippen LogP contribution is 2.35. The Bertz CT molecular complexity index is 1490. The molecular formula is C34H44FN7O4. The molecule has 0 aliphatic carbocycles. The number of nitrogens with one attached hydrogen (secondary N) is 1. The Labute approximate surface area is 270 Å². The zero-order valence-electron chi connectivity index (χ0n) is 27.0. The highest BCUT2D eigenvalue weighted by atomic mass is 19.1. The van der Waals surface area contributed by atoms with Crippen molar-refractivity contribution in [2.75, 3.05) is 57.3 Å². The summed E-state index contributed by atoms with van der Waals surface area (Å²) in [6.45, 7) is 12.9. The third-order valence-corrected chi connectivity index (χ3v) is 8.93. The number of anilines is 1. The number of rotatable bonds is 10. The topological polar surface area (TPSA) is 105 Å². The second kappa shape index (κ2) is 14.7. The van der Waals surface area contributed by atoms with E-state index in [1.807, 2.05) is 33.0 Å². The van der Waals surface area contributed by atoms with Gasteiger partial charge in [0.2, 0.25) is 0 Å². The lowest BCUT2D eigenvalue weighted by Gasteiger charge is -2.36. The Morgan fingerprint density at radius 3 is 2.76 bits per heavy atom. The lowest BCUT2D eigenvalue weighted by Crippen LogP contribution is -2.46. The summed E-state index contributed by atoms with van der Waals surface area (Å²) in [4.78, 5) is 33.0. The molecule has 0 radical (unpaired) electrons. The van der Waals surface area contributed by atoms with Crippen LogP contribution in [-0.4, -0.2) is 101 Å². The van der Waals surface area contributed by atoms with Crippen LogP contribution in [0.3, 0.4) is 0 Å². The number of hydrogen-bond acceptors (Lipinski definition) is 10. The number of halogens is 1. The quantitative estimate of drug-likeness (QED) is 0.351. The SMILES string of the molecule is CCN(C(=O)c1cc(F)ccc1Oc1cncnc1N1CCC(Oc2ccnc3c2CN(C[C@H]2CNCCO2)CC3)CC1)C(C)C. The molecule has 2 saturated heterocycles. The molecule has 1 N–H and O–H groups in total. The summed E-state index contributed by atoms with van der Waals surface area (Å²) in [5.74, 6) is 1.43. The van der Waals surface area contributed by atoms with Gasteiger partial charge in [-0.25, -0.2) is 14.4 Å². The van der Waals surface area contributed by atoms with E-state index in [2.05, 4.69) is 30.1 Å². The maximum atomic E-state index is 14.3. The van der Waals surface area contributed by atoms with E-state index in [1.165, 1.54) is 30.1 Å². The van der Waals surface area contributed by atoms with Gasteiger partial charge in [0.05, 0.1) is 24.5 Å². The molecule has 6 rings (SSSR count). The summed E-state index contributed by atoms with van der Waals surface area (Å²) in [5.41, 5.74) is 2.46. The Hall–Kier alpha value is -3.87. The molecule has 0 saturated carbocycles. The van der Waals surface area contributed by atoms with Gasteiger partial charge >= 0.3 is 0 Å². The van der Waals surface area contributed by atoms with Gasteiger partial charge in [-0.2, -0.15) is 0 Å². The van der Waals surface area contributed by atoms with Crippen molar-refractivity contribution >= 4 is 11.7 Å². The molecule has 46 heavy (non-hydrogen) atoms. The fraction of sp³-hybridized carbons (Fsp3) is 0.529. The van der Waals surface area contributed by atoms with Gasteiger partial charge in [-0.15, -0.1) is 0 Å². The van der Waals surface area contributed by atoms with E-state index in [0.717, 1.165) is 70.0 Å². The molecule has 3 aliphatic rings. The standard InChI is InChI=1S/C34H44FN7O4/c1-4-42(23(2)3)34(43)27-17-24(35)5-6-30(27)46-32-19-37-22-39-33(32)41-14-8-25(9-15-41)45-31-7-11-38-29-10-13-40(21-28(29)31)20-26-18-36-12-16-44-26/h5-7,11,17,19,22-23,25-26,36H,4,8-10,12-16,18,20-21H2,1-3H3/t26-/m1/s1. The van der Waals surface area contributed by atoms with Gasteiger partial charge in [-0.3, -0.25) is 14.7 Å². The first-order chi connectivity index (χ1) is 22.4. The average molecular weight is 634 g/mol. The maximum absolute atomic E-state index is 14.3. The van der Waals surface area contributed by atoms with Crippen molar-refractivity contribution in [1.82, 2.24) is 30.1 Å². The smallest absolute Gasteiger partial charge is 0.257 e. The van der Waals surface area contributed by atoms with E-state index >= 15 is 0 Å².